The molecule has 2 rings (SSSR count). The molecular formula is C16H25NO. The third-order valence-electron chi connectivity index (χ3n) is 3.32. The fourth-order valence-corrected chi connectivity index (χ4v) is 2.16. The summed E-state index contributed by atoms with van der Waals surface area (Å²) in [5.74, 6) is 0.938. The Kier molecular flexibility index (Phi) is 5.21. The van der Waals surface area contributed by atoms with Crippen LogP contribution in [0, 0.1) is 5.92 Å². The molecule has 0 bridgehead atoms. The summed E-state index contributed by atoms with van der Waals surface area (Å²) < 4.78 is 5.67. The molecule has 0 saturated heterocycles. The van der Waals surface area contributed by atoms with Crippen LogP contribution in [-0.2, 0) is 11.3 Å². The van der Waals surface area contributed by atoms with Crippen LogP contribution in [0.2, 0.25) is 0 Å². The highest BCUT2D eigenvalue weighted by atomic mass is 16.5. The summed E-state index contributed by atoms with van der Waals surface area (Å²) in [6.07, 6.45) is 3.16. The molecule has 0 atom stereocenters. The summed E-state index contributed by atoms with van der Waals surface area (Å²) in [5.41, 5.74) is 1.41. The summed E-state index contributed by atoms with van der Waals surface area (Å²) in [6, 6.07) is 10.7. The van der Waals surface area contributed by atoms with E-state index in [1.807, 2.05) is 0 Å². The molecule has 0 radical (unpaired) electrons. The maximum Gasteiger partial charge on any atom is 0.0597 e. The van der Waals surface area contributed by atoms with Gasteiger partial charge in [-0.25, -0.2) is 0 Å². The normalized spacial score (nSPS) is 15.6. The van der Waals surface area contributed by atoms with Gasteiger partial charge in [0.2, 0.25) is 0 Å². The van der Waals surface area contributed by atoms with Crippen molar-refractivity contribution in [3.05, 3.63) is 35.9 Å². The number of benzene rings is 1. The summed E-state index contributed by atoms with van der Waals surface area (Å²) in [7, 11) is 0. The monoisotopic (exact) mass is 247 g/mol. The van der Waals surface area contributed by atoms with Gasteiger partial charge in [0.05, 0.1) is 12.7 Å². The summed E-state index contributed by atoms with van der Waals surface area (Å²) in [5, 5.41) is 0. The minimum Gasteiger partial charge on any atom is -0.377 e. The van der Waals surface area contributed by atoms with Gasteiger partial charge in [0.1, 0.15) is 0 Å². The van der Waals surface area contributed by atoms with Gasteiger partial charge in [-0.15, -0.1) is 0 Å². The standard InChI is InChI=1S/C16H25NO/c1-14(2)18-11-10-17(13-16-8-9-16)12-15-6-4-3-5-7-15/h3-7,14,16H,8-13H2,1-2H3. The molecule has 0 aliphatic heterocycles. The lowest BCUT2D eigenvalue weighted by atomic mass is 10.2. The van der Waals surface area contributed by atoms with Crippen LogP contribution in [0.4, 0.5) is 0 Å². The van der Waals surface area contributed by atoms with Crippen molar-refractivity contribution in [3.8, 4) is 0 Å². The molecule has 0 aromatic heterocycles. The third-order valence-corrected chi connectivity index (χ3v) is 3.32. The fourth-order valence-electron chi connectivity index (χ4n) is 2.16. The lowest BCUT2D eigenvalue weighted by molar-refractivity contribution is 0.0564. The third kappa shape index (κ3) is 5.19. The van der Waals surface area contributed by atoms with E-state index in [9.17, 15) is 0 Å². The predicted octanol–water partition coefficient (Wildman–Crippen LogP) is 3.32. The van der Waals surface area contributed by atoms with Crippen LogP contribution in [0.25, 0.3) is 0 Å². The van der Waals surface area contributed by atoms with Crippen LogP contribution in [0.15, 0.2) is 30.3 Å². The van der Waals surface area contributed by atoms with Crippen molar-refractivity contribution in [2.75, 3.05) is 19.7 Å². The molecule has 1 aliphatic carbocycles. The Morgan fingerprint density at radius 1 is 1.22 bits per heavy atom. The van der Waals surface area contributed by atoms with Gasteiger partial charge in [-0.05, 0) is 38.2 Å². The summed E-state index contributed by atoms with van der Waals surface area (Å²) >= 11 is 0. The molecule has 1 fully saturated rings. The minimum absolute atomic E-state index is 0.338. The number of rotatable bonds is 8. The van der Waals surface area contributed by atoms with Crippen LogP contribution in [0.1, 0.15) is 32.3 Å². The zero-order chi connectivity index (χ0) is 12.8. The summed E-state index contributed by atoms with van der Waals surface area (Å²) in [4.78, 5) is 2.54. The Morgan fingerprint density at radius 2 is 1.94 bits per heavy atom. The predicted molar refractivity (Wildman–Crippen MR) is 75.5 cm³/mol. The van der Waals surface area contributed by atoms with Gasteiger partial charge in [-0.1, -0.05) is 30.3 Å². The Labute approximate surface area is 111 Å². The average molecular weight is 247 g/mol. The molecule has 1 aromatic rings. The molecule has 0 heterocycles. The molecule has 2 nitrogen and oxygen atoms in total. The van der Waals surface area contributed by atoms with Crippen molar-refractivity contribution in [1.29, 1.82) is 0 Å². The van der Waals surface area contributed by atoms with E-state index in [0.29, 0.717) is 6.10 Å². The van der Waals surface area contributed by atoms with E-state index < -0.39 is 0 Å². The highest BCUT2D eigenvalue weighted by Crippen LogP contribution is 2.30. The number of ether oxygens (including phenoxy) is 1. The first-order chi connectivity index (χ1) is 8.74. The zero-order valence-corrected chi connectivity index (χ0v) is 11.6. The minimum atomic E-state index is 0.338. The number of hydrogen-bond donors (Lipinski definition) is 0. The fraction of sp³-hybridized carbons (Fsp3) is 0.625. The van der Waals surface area contributed by atoms with E-state index in [0.717, 1.165) is 25.6 Å². The van der Waals surface area contributed by atoms with E-state index in [-0.39, 0.29) is 0 Å². The van der Waals surface area contributed by atoms with Crippen molar-refractivity contribution in [3.63, 3.8) is 0 Å². The first kappa shape index (κ1) is 13.6. The van der Waals surface area contributed by atoms with Gasteiger partial charge < -0.3 is 4.74 Å². The lowest BCUT2D eigenvalue weighted by Gasteiger charge is -2.22. The first-order valence-electron chi connectivity index (χ1n) is 7.12. The molecular weight excluding hydrogens is 222 g/mol. The average Bonchev–Trinajstić information content (AvgIpc) is 3.13. The van der Waals surface area contributed by atoms with Crippen molar-refractivity contribution >= 4 is 0 Å². The molecule has 0 N–H and O–H groups in total. The van der Waals surface area contributed by atoms with Gasteiger partial charge in [0, 0.05) is 19.6 Å². The Bertz CT molecular complexity index is 332. The quantitative estimate of drug-likeness (QED) is 0.698. The Hall–Kier alpha value is -0.860. The van der Waals surface area contributed by atoms with Crippen molar-refractivity contribution in [2.45, 2.75) is 39.3 Å². The molecule has 18 heavy (non-hydrogen) atoms. The topological polar surface area (TPSA) is 12.5 Å². The van der Waals surface area contributed by atoms with Crippen LogP contribution < -0.4 is 0 Å². The van der Waals surface area contributed by atoms with Crippen molar-refractivity contribution in [1.82, 2.24) is 4.90 Å². The van der Waals surface area contributed by atoms with Crippen LogP contribution in [-0.4, -0.2) is 30.7 Å². The van der Waals surface area contributed by atoms with Gasteiger partial charge in [0.15, 0.2) is 0 Å². The molecule has 1 aromatic carbocycles. The number of nitrogens with zero attached hydrogens (tertiary/aromatic N) is 1. The number of hydrogen-bond acceptors (Lipinski definition) is 2. The maximum atomic E-state index is 5.67. The van der Waals surface area contributed by atoms with E-state index in [4.69, 9.17) is 4.74 Å². The molecule has 0 unspecified atom stereocenters. The van der Waals surface area contributed by atoms with Crippen molar-refractivity contribution < 1.29 is 4.74 Å². The van der Waals surface area contributed by atoms with E-state index in [2.05, 4.69) is 49.1 Å². The van der Waals surface area contributed by atoms with Gasteiger partial charge in [-0.3, -0.25) is 4.90 Å². The van der Waals surface area contributed by atoms with E-state index >= 15 is 0 Å². The Balaban J connectivity index is 1.80. The SMILES string of the molecule is CC(C)OCCN(Cc1ccccc1)CC1CC1. The van der Waals surface area contributed by atoms with Gasteiger partial charge in [0.25, 0.3) is 0 Å². The Morgan fingerprint density at radius 3 is 2.56 bits per heavy atom. The lowest BCUT2D eigenvalue weighted by Crippen LogP contribution is -2.30. The molecule has 100 valence electrons. The highest BCUT2D eigenvalue weighted by Gasteiger charge is 2.24. The van der Waals surface area contributed by atoms with Crippen molar-refractivity contribution in [2.24, 2.45) is 5.92 Å². The van der Waals surface area contributed by atoms with Gasteiger partial charge >= 0.3 is 0 Å². The van der Waals surface area contributed by atoms with Crippen LogP contribution in [0.5, 0.6) is 0 Å². The molecule has 1 saturated carbocycles. The molecule has 0 spiro atoms. The highest BCUT2D eigenvalue weighted by molar-refractivity contribution is 5.14. The largest absolute Gasteiger partial charge is 0.377 e. The second kappa shape index (κ2) is 6.91. The van der Waals surface area contributed by atoms with Crippen LogP contribution >= 0.6 is 0 Å². The molecule has 1 aliphatic rings. The molecule has 0 amide bonds. The first-order valence-corrected chi connectivity index (χ1v) is 7.12. The smallest absolute Gasteiger partial charge is 0.0597 e. The van der Waals surface area contributed by atoms with E-state index in [1.165, 1.54) is 24.9 Å². The van der Waals surface area contributed by atoms with Gasteiger partial charge in [-0.2, -0.15) is 0 Å². The van der Waals surface area contributed by atoms with E-state index in [1.54, 1.807) is 0 Å². The molecule has 2 heteroatoms. The van der Waals surface area contributed by atoms with Crippen LogP contribution in [0.3, 0.4) is 0 Å². The maximum absolute atomic E-state index is 5.67. The second-order valence-corrected chi connectivity index (χ2v) is 5.58. The second-order valence-electron chi connectivity index (χ2n) is 5.58. The zero-order valence-electron chi connectivity index (χ0n) is 11.6. The summed E-state index contributed by atoms with van der Waals surface area (Å²) in [6.45, 7) is 8.38.